The van der Waals surface area contributed by atoms with E-state index in [0.29, 0.717) is 13.0 Å². The first-order valence-corrected chi connectivity index (χ1v) is 7.78. The van der Waals surface area contributed by atoms with Crippen molar-refractivity contribution in [1.29, 1.82) is 0 Å². The molecule has 0 aliphatic heterocycles. The van der Waals surface area contributed by atoms with Crippen molar-refractivity contribution in [3.05, 3.63) is 43.7 Å². The monoisotopic (exact) mass is 299 g/mol. The van der Waals surface area contributed by atoms with Crippen molar-refractivity contribution < 1.29 is 4.79 Å². The standard InChI is InChI=1S/C13H14ClNOS2/c1-15(8-11-3-4-12(14)18-11)13(16)5-2-10-6-7-17-9-10/h3-4,6-7,9H,2,5,8H2,1H3. The molecule has 0 saturated heterocycles. The fourth-order valence-electron chi connectivity index (χ4n) is 1.64. The minimum absolute atomic E-state index is 0.172. The van der Waals surface area contributed by atoms with Crippen molar-refractivity contribution in [2.45, 2.75) is 19.4 Å². The lowest BCUT2D eigenvalue weighted by Gasteiger charge is -2.15. The van der Waals surface area contributed by atoms with Gasteiger partial charge >= 0.3 is 0 Å². The highest BCUT2D eigenvalue weighted by Gasteiger charge is 2.10. The number of halogens is 1. The van der Waals surface area contributed by atoms with Crippen LogP contribution in [-0.4, -0.2) is 17.9 Å². The number of rotatable bonds is 5. The Hall–Kier alpha value is -0.840. The molecule has 0 aliphatic carbocycles. The van der Waals surface area contributed by atoms with Crippen molar-refractivity contribution in [2.75, 3.05) is 7.05 Å². The first-order valence-electron chi connectivity index (χ1n) is 5.64. The van der Waals surface area contributed by atoms with Gasteiger partial charge in [-0.1, -0.05) is 11.6 Å². The summed E-state index contributed by atoms with van der Waals surface area (Å²) in [6.45, 7) is 0.639. The van der Waals surface area contributed by atoms with Crippen LogP contribution in [0.15, 0.2) is 29.0 Å². The molecule has 96 valence electrons. The minimum Gasteiger partial charge on any atom is -0.341 e. The number of carbonyl (C=O) groups is 1. The zero-order valence-corrected chi connectivity index (χ0v) is 12.4. The van der Waals surface area contributed by atoms with Crippen LogP contribution in [0.5, 0.6) is 0 Å². The summed E-state index contributed by atoms with van der Waals surface area (Å²) in [7, 11) is 1.84. The van der Waals surface area contributed by atoms with Gasteiger partial charge in [0, 0.05) is 18.3 Å². The van der Waals surface area contributed by atoms with Crippen molar-refractivity contribution in [3.63, 3.8) is 0 Å². The molecule has 18 heavy (non-hydrogen) atoms. The largest absolute Gasteiger partial charge is 0.341 e. The number of aryl methyl sites for hydroxylation is 1. The number of hydrogen-bond donors (Lipinski definition) is 0. The van der Waals surface area contributed by atoms with E-state index in [1.807, 2.05) is 24.6 Å². The topological polar surface area (TPSA) is 20.3 Å². The average molecular weight is 300 g/mol. The van der Waals surface area contributed by atoms with Crippen LogP contribution in [0.4, 0.5) is 0 Å². The second kappa shape index (κ2) is 6.36. The summed E-state index contributed by atoms with van der Waals surface area (Å²) >= 11 is 9.06. The quantitative estimate of drug-likeness (QED) is 0.815. The molecule has 0 fully saturated rings. The lowest BCUT2D eigenvalue weighted by atomic mass is 10.2. The molecular weight excluding hydrogens is 286 g/mol. The Morgan fingerprint density at radius 1 is 1.39 bits per heavy atom. The fraction of sp³-hybridized carbons (Fsp3) is 0.308. The Balaban J connectivity index is 1.81. The molecule has 0 atom stereocenters. The summed E-state index contributed by atoms with van der Waals surface area (Å²) in [5.41, 5.74) is 1.24. The number of thiophene rings is 2. The Morgan fingerprint density at radius 2 is 2.22 bits per heavy atom. The summed E-state index contributed by atoms with van der Waals surface area (Å²) in [4.78, 5) is 14.8. The van der Waals surface area contributed by atoms with E-state index >= 15 is 0 Å². The summed E-state index contributed by atoms with van der Waals surface area (Å²) in [5, 5.41) is 4.13. The zero-order valence-electron chi connectivity index (χ0n) is 10.1. The normalized spacial score (nSPS) is 10.6. The number of hydrogen-bond acceptors (Lipinski definition) is 3. The molecular formula is C13H14ClNOS2. The molecule has 0 unspecified atom stereocenters. The molecule has 0 aliphatic rings. The predicted molar refractivity (Wildman–Crippen MR) is 78.4 cm³/mol. The third-order valence-corrected chi connectivity index (χ3v) is 4.60. The van der Waals surface area contributed by atoms with Gasteiger partial charge in [-0.25, -0.2) is 0 Å². The molecule has 0 bridgehead atoms. The molecule has 2 aromatic heterocycles. The van der Waals surface area contributed by atoms with E-state index in [1.165, 1.54) is 16.9 Å². The second-order valence-corrected chi connectivity index (χ2v) is 6.67. The summed E-state index contributed by atoms with van der Waals surface area (Å²) in [5.74, 6) is 0.172. The molecule has 0 radical (unpaired) electrons. The van der Waals surface area contributed by atoms with Crippen LogP contribution in [0.2, 0.25) is 4.34 Å². The van der Waals surface area contributed by atoms with Gasteiger partial charge in [0.05, 0.1) is 10.9 Å². The highest BCUT2D eigenvalue weighted by molar-refractivity contribution is 7.16. The van der Waals surface area contributed by atoms with Crippen molar-refractivity contribution in [1.82, 2.24) is 4.90 Å². The van der Waals surface area contributed by atoms with E-state index in [9.17, 15) is 4.79 Å². The SMILES string of the molecule is CN(Cc1ccc(Cl)s1)C(=O)CCc1ccsc1. The first-order chi connectivity index (χ1) is 8.65. The van der Waals surface area contributed by atoms with Gasteiger partial charge in [0.25, 0.3) is 0 Å². The van der Waals surface area contributed by atoms with Gasteiger partial charge < -0.3 is 4.90 Å². The van der Waals surface area contributed by atoms with Gasteiger partial charge in [0.2, 0.25) is 5.91 Å². The Labute approximate surface area is 120 Å². The highest BCUT2D eigenvalue weighted by atomic mass is 35.5. The Morgan fingerprint density at radius 3 is 2.83 bits per heavy atom. The van der Waals surface area contributed by atoms with E-state index in [-0.39, 0.29) is 5.91 Å². The maximum atomic E-state index is 12.0. The highest BCUT2D eigenvalue weighted by Crippen LogP contribution is 2.22. The molecule has 1 amide bonds. The van der Waals surface area contributed by atoms with Crippen molar-refractivity contribution in [3.8, 4) is 0 Å². The van der Waals surface area contributed by atoms with Crippen molar-refractivity contribution >= 4 is 40.2 Å². The van der Waals surface area contributed by atoms with Crippen LogP contribution in [0.25, 0.3) is 0 Å². The Bertz CT molecular complexity index is 507. The fourth-order valence-corrected chi connectivity index (χ4v) is 3.48. The Kier molecular flexibility index (Phi) is 4.80. The molecule has 2 rings (SSSR count). The van der Waals surface area contributed by atoms with Gasteiger partial charge in [-0.3, -0.25) is 4.79 Å². The first kappa shape index (κ1) is 13.6. The summed E-state index contributed by atoms with van der Waals surface area (Å²) in [6, 6.07) is 5.90. The van der Waals surface area contributed by atoms with E-state index < -0.39 is 0 Å². The maximum Gasteiger partial charge on any atom is 0.222 e. The number of nitrogens with zero attached hydrogens (tertiary/aromatic N) is 1. The molecule has 2 aromatic rings. The van der Waals surface area contributed by atoms with Crippen molar-refractivity contribution in [2.24, 2.45) is 0 Å². The smallest absolute Gasteiger partial charge is 0.222 e. The molecule has 0 spiro atoms. The van der Waals surface area contributed by atoms with Crippen LogP contribution in [0, 0.1) is 0 Å². The number of carbonyl (C=O) groups excluding carboxylic acids is 1. The van der Waals surface area contributed by atoms with Gasteiger partial charge in [0.1, 0.15) is 0 Å². The third-order valence-electron chi connectivity index (χ3n) is 2.66. The van der Waals surface area contributed by atoms with E-state index in [0.717, 1.165) is 15.6 Å². The minimum atomic E-state index is 0.172. The third kappa shape index (κ3) is 3.83. The molecule has 2 nitrogen and oxygen atoms in total. The van der Waals surface area contributed by atoms with Crippen LogP contribution >= 0.6 is 34.3 Å². The molecule has 5 heteroatoms. The predicted octanol–water partition coefficient (Wildman–Crippen LogP) is 4.05. The van der Waals surface area contributed by atoms with Crippen LogP contribution in [0.1, 0.15) is 16.9 Å². The molecule has 0 aromatic carbocycles. The molecule has 2 heterocycles. The number of amides is 1. The lowest BCUT2D eigenvalue weighted by molar-refractivity contribution is -0.130. The summed E-state index contributed by atoms with van der Waals surface area (Å²) < 4.78 is 0.768. The van der Waals surface area contributed by atoms with Gasteiger partial charge in [0.15, 0.2) is 0 Å². The van der Waals surface area contributed by atoms with E-state index in [4.69, 9.17) is 11.6 Å². The van der Waals surface area contributed by atoms with Gasteiger partial charge in [-0.2, -0.15) is 11.3 Å². The van der Waals surface area contributed by atoms with Crippen LogP contribution in [-0.2, 0) is 17.8 Å². The van der Waals surface area contributed by atoms with Crippen LogP contribution < -0.4 is 0 Å². The van der Waals surface area contributed by atoms with Gasteiger partial charge in [-0.15, -0.1) is 11.3 Å². The molecule has 0 saturated carbocycles. The van der Waals surface area contributed by atoms with E-state index in [2.05, 4.69) is 11.4 Å². The van der Waals surface area contributed by atoms with Gasteiger partial charge in [-0.05, 0) is 40.9 Å². The van der Waals surface area contributed by atoms with Crippen LogP contribution in [0.3, 0.4) is 0 Å². The molecule has 0 N–H and O–H groups in total. The average Bonchev–Trinajstić information content (AvgIpc) is 2.97. The lowest BCUT2D eigenvalue weighted by Crippen LogP contribution is -2.25. The summed E-state index contributed by atoms with van der Waals surface area (Å²) in [6.07, 6.45) is 1.38. The maximum absolute atomic E-state index is 12.0. The van der Waals surface area contributed by atoms with E-state index in [1.54, 1.807) is 16.2 Å². The second-order valence-electron chi connectivity index (χ2n) is 4.09. The zero-order chi connectivity index (χ0) is 13.0.